The third-order valence-corrected chi connectivity index (χ3v) is 5.67. The Morgan fingerprint density at radius 3 is 2.13 bits per heavy atom. The molecular formula is C19H25NOS2. The van der Waals surface area contributed by atoms with Gasteiger partial charge in [-0.1, -0.05) is 77.6 Å². The van der Waals surface area contributed by atoms with Crippen LogP contribution in [0.15, 0.2) is 34.0 Å². The Morgan fingerprint density at radius 2 is 1.65 bits per heavy atom. The summed E-state index contributed by atoms with van der Waals surface area (Å²) >= 11 is 3.15. The number of Topliss-reactive ketones (excluding diaryl/α,β-unsaturated/α-hetero) is 1. The van der Waals surface area contributed by atoms with Gasteiger partial charge in [0.1, 0.15) is 0 Å². The molecule has 1 aromatic heterocycles. The fourth-order valence-corrected chi connectivity index (χ4v) is 3.98. The predicted molar refractivity (Wildman–Crippen MR) is 101 cm³/mol. The Labute approximate surface area is 147 Å². The molecule has 0 bridgehead atoms. The third-order valence-electron chi connectivity index (χ3n) is 3.65. The van der Waals surface area contributed by atoms with Crippen molar-refractivity contribution in [2.75, 3.05) is 5.75 Å². The Balaban J connectivity index is 1.98. The summed E-state index contributed by atoms with van der Waals surface area (Å²) in [5.41, 5.74) is 3.28. The average molecular weight is 348 g/mol. The molecule has 124 valence electrons. The molecule has 4 heteroatoms. The van der Waals surface area contributed by atoms with Crippen LogP contribution in [0.2, 0.25) is 0 Å². The smallest absolute Gasteiger partial charge is 0.173 e. The maximum atomic E-state index is 12.3. The summed E-state index contributed by atoms with van der Waals surface area (Å²) in [6.45, 7) is 13.0. The molecule has 0 fully saturated rings. The van der Waals surface area contributed by atoms with Gasteiger partial charge in [0.15, 0.2) is 10.1 Å². The molecule has 2 nitrogen and oxygen atoms in total. The van der Waals surface area contributed by atoms with Gasteiger partial charge in [0.2, 0.25) is 0 Å². The second kappa shape index (κ2) is 6.78. The quantitative estimate of drug-likeness (QED) is 0.524. The zero-order valence-electron chi connectivity index (χ0n) is 14.8. The van der Waals surface area contributed by atoms with E-state index in [0.29, 0.717) is 5.75 Å². The van der Waals surface area contributed by atoms with E-state index in [1.54, 1.807) is 11.3 Å². The van der Waals surface area contributed by atoms with Gasteiger partial charge in [0, 0.05) is 16.4 Å². The van der Waals surface area contributed by atoms with Crippen molar-refractivity contribution in [3.63, 3.8) is 0 Å². The molecule has 1 aromatic carbocycles. The fourth-order valence-electron chi connectivity index (χ4n) is 2.03. The third kappa shape index (κ3) is 4.92. The van der Waals surface area contributed by atoms with E-state index in [1.807, 2.05) is 12.1 Å². The number of ketones is 1. The van der Waals surface area contributed by atoms with Gasteiger partial charge in [-0.25, -0.2) is 4.98 Å². The standard InChI is InChI=1S/C19H25NOS2/c1-18(2,3)14-9-7-13(8-10-14)15(21)11-22-17-20-16(12-23-17)19(4,5)6/h7-10,12H,11H2,1-6H3. The molecule has 0 N–H and O–H groups in total. The van der Waals surface area contributed by atoms with Gasteiger partial charge < -0.3 is 0 Å². The summed E-state index contributed by atoms with van der Waals surface area (Å²) in [7, 11) is 0. The molecule has 0 amide bonds. The number of thioether (sulfide) groups is 1. The molecule has 0 spiro atoms. The van der Waals surface area contributed by atoms with Gasteiger partial charge in [-0.3, -0.25) is 4.79 Å². The van der Waals surface area contributed by atoms with E-state index in [1.165, 1.54) is 17.3 Å². The van der Waals surface area contributed by atoms with Crippen LogP contribution in [0.1, 0.15) is 63.2 Å². The maximum Gasteiger partial charge on any atom is 0.173 e. The Hall–Kier alpha value is -1.13. The van der Waals surface area contributed by atoms with Crippen LogP contribution >= 0.6 is 23.1 Å². The second-order valence-electron chi connectivity index (χ2n) is 7.79. The monoisotopic (exact) mass is 347 g/mol. The first kappa shape index (κ1) is 18.2. The molecule has 0 radical (unpaired) electrons. The molecule has 0 aliphatic carbocycles. The van der Waals surface area contributed by atoms with Gasteiger partial charge in [-0.15, -0.1) is 11.3 Å². The highest BCUT2D eigenvalue weighted by molar-refractivity contribution is 8.01. The molecule has 2 aromatic rings. The van der Waals surface area contributed by atoms with Crippen molar-refractivity contribution in [2.24, 2.45) is 0 Å². The number of nitrogens with zero attached hydrogens (tertiary/aromatic N) is 1. The van der Waals surface area contributed by atoms with Crippen LogP contribution in [0, 0.1) is 0 Å². The van der Waals surface area contributed by atoms with Crippen molar-refractivity contribution >= 4 is 28.9 Å². The lowest BCUT2D eigenvalue weighted by Gasteiger charge is -2.18. The van der Waals surface area contributed by atoms with Crippen LogP contribution in [-0.2, 0) is 10.8 Å². The number of hydrogen-bond acceptors (Lipinski definition) is 4. The molecule has 23 heavy (non-hydrogen) atoms. The van der Waals surface area contributed by atoms with Crippen LogP contribution in [0.5, 0.6) is 0 Å². The number of carbonyl (C=O) groups excluding carboxylic acids is 1. The number of hydrogen-bond donors (Lipinski definition) is 0. The first-order valence-corrected chi connectivity index (χ1v) is 9.66. The minimum absolute atomic E-state index is 0.0576. The largest absolute Gasteiger partial charge is 0.293 e. The first-order valence-electron chi connectivity index (χ1n) is 7.80. The number of rotatable bonds is 4. The summed E-state index contributed by atoms with van der Waals surface area (Å²) in [5.74, 6) is 0.592. The summed E-state index contributed by atoms with van der Waals surface area (Å²) in [5, 5.41) is 2.09. The van der Waals surface area contributed by atoms with Gasteiger partial charge >= 0.3 is 0 Å². The van der Waals surface area contributed by atoms with E-state index in [4.69, 9.17) is 0 Å². The molecule has 0 saturated carbocycles. The Morgan fingerprint density at radius 1 is 1.04 bits per heavy atom. The van der Waals surface area contributed by atoms with E-state index < -0.39 is 0 Å². The minimum atomic E-state index is 0.0576. The Kier molecular flexibility index (Phi) is 5.37. The molecule has 0 aliphatic heterocycles. The zero-order chi connectivity index (χ0) is 17.3. The van der Waals surface area contributed by atoms with E-state index in [9.17, 15) is 4.79 Å². The van der Waals surface area contributed by atoms with Crippen LogP contribution in [0.3, 0.4) is 0 Å². The van der Waals surface area contributed by atoms with Crippen molar-refractivity contribution in [3.05, 3.63) is 46.5 Å². The van der Waals surface area contributed by atoms with E-state index in [-0.39, 0.29) is 16.6 Å². The van der Waals surface area contributed by atoms with Crippen LogP contribution < -0.4 is 0 Å². The van der Waals surface area contributed by atoms with Crippen LogP contribution in [0.25, 0.3) is 0 Å². The van der Waals surface area contributed by atoms with Crippen LogP contribution in [0.4, 0.5) is 0 Å². The second-order valence-corrected chi connectivity index (χ2v) is 9.87. The lowest BCUT2D eigenvalue weighted by atomic mass is 9.86. The van der Waals surface area contributed by atoms with E-state index in [0.717, 1.165) is 15.6 Å². The highest BCUT2D eigenvalue weighted by Gasteiger charge is 2.18. The van der Waals surface area contributed by atoms with Gasteiger partial charge in [0.25, 0.3) is 0 Å². The minimum Gasteiger partial charge on any atom is -0.293 e. The van der Waals surface area contributed by atoms with Gasteiger partial charge in [0.05, 0.1) is 11.4 Å². The molecule has 0 unspecified atom stereocenters. The lowest BCUT2D eigenvalue weighted by molar-refractivity contribution is 0.102. The van der Waals surface area contributed by atoms with Gasteiger partial charge in [-0.2, -0.15) is 0 Å². The van der Waals surface area contributed by atoms with Crippen molar-refractivity contribution in [1.29, 1.82) is 0 Å². The normalized spacial score (nSPS) is 12.4. The van der Waals surface area contributed by atoms with Gasteiger partial charge in [-0.05, 0) is 11.0 Å². The number of aromatic nitrogens is 1. The Bertz CT molecular complexity index is 673. The van der Waals surface area contributed by atoms with Crippen molar-refractivity contribution in [1.82, 2.24) is 4.98 Å². The van der Waals surface area contributed by atoms with Crippen molar-refractivity contribution < 1.29 is 4.79 Å². The molecule has 2 rings (SSSR count). The van der Waals surface area contributed by atoms with E-state index >= 15 is 0 Å². The lowest BCUT2D eigenvalue weighted by Crippen LogP contribution is -2.12. The molecule has 0 saturated heterocycles. The van der Waals surface area contributed by atoms with Crippen molar-refractivity contribution in [2.45, 2.75) is 56.7 Å². The molecular weight excluding hydrogens is 322 g/mol. The highest BCUT2D eigenvalue weighted by Crippen LogP contribution is 2.29. The summed E-state index contributed by atoms with van der Waals surface area (Å²) in [6, 6.07) is 7.98. The molecule has 0 aliphatic rings. The molecule has 1 heterocycles. The SMILES string of the molecule is CC(C)(C)c1ccc(C(=O)CSc2nc(C(C)(C)C)cs2)cc1. The highest BCUT2D eigenvalue weighted by atomic mass is 32.2. The summed E-state index contributed by atoms with van der Waals surface area (Å²) in [6.07, 6.45) is 0. The number of benzene rings is 1. The summed E-state index contributed by atoms with van der Waals surface area (Å²) < 4.78 is 0.967. The predicted octanol–water partition coefficient (Wildman–Crippen LogP) is 5.71. The summed E-state index contributed by atoms with van der Waals surface area (Å²) in [4.78, 5) is 17.0. The first-order chi connectivity index (χ1) is 10.6. The number of thiazole rings is 1. The zero-order valence-corrected chi connectivity index (χ0v) is 16.4. The van der Waals surface area contributed by atoms with E-state index in [2.05, 4.69) is 64.0 Å². The average Bonchev–Trinajstić information content (AvgIpc) is 2.93. The fraction of sp³-hybridized carbons (Fsp3) is 0.474. The number of carbonyl (C=O) groups is 1. The molecule has 0 atom stereocenters. The maximum absolute atomic E-state index is 12.3. The van der Waals surface area contributed by atoms with Crippen molar-refractivity contribution in [3.8, 4) is 0 Å². The van der Waals surface area contributed by atoms with Crippen LogP contribution in [-0.4, -0.2) is 16.5 Å². The topological polar surface area (TPSA) is 30.0 Å².